The van der Waals surface area contributed by atoms with Crippen LogP contribution in [0.25, 0.3) is 0 Å². The quantitative estimate of drug-likeness (QED) is 0.250. The summed E-state index contributed by atoms with van der Waals surface area (Å²) in [7, 11) is 2.65. The lowest BCUT2D eigenvalue weighted by Gasteiger charge is -2.19. The van der Waals surface area contributed by atoms with E-state index < -0.39 is 17.5 Å². The maximum Gasteiger partial charge on any atom is 0.446 e. The lowest BCUT2D eigenvalue weighted by Crippen LogP contribution is -2.30. The highest BCUT2D eigenvalue weighted by atomic mass is 32.2. The predicted molar refractivity (Wildman–Crippen MR) is 111 cm³/mol. The molecule has 0 saturated heterocycles. The summed E-state index contributed by atoms with van der Waals surface area (Å²) >= 11 is -0.204. The fraction of sp³-hybridized carbons (Fsp3) is 0.333. The monoisotopic (exact) mass is 456 g/mol. The number of hydroxylamine groups is 1. The highest BCUT2D eigenvalue weighted by molar-refractivity contribution is 8.00. The van der Waals surface area contributed by atoms with Crippen LogP contribution in [0.4, 0.5) is 13.2 Å². The number of halogens is 3. The third-order valence-electron chi connectivity index (χ3n) is 4.34. The molecule has 1 unspecified atom stereocenters. The Morgan fingerprint density at radius 3 is 2.52 bits per heavy atom. The molecule has 0 aliphatic rings. The van der Waals surface area contributed by atoms with Gasteiger partial charge in [-0.2, -0.15) is 18.7 Å². The van der Waals surface area contributed by atoms with E-state index in [9.17, 15) is 18.0 Å². The molecule has 0 aliphatic heterocycles. The number of hydrogen-bond acceptors (Lipinski definition) is 7. The van der Waals surface area contributed by atoms with Crippen molar-refractivity contribution in [1.82, 2.24) is 5.48 Å². The molecule has 6 nitrogen and oxygen atoms in total. The number of methoxy groups -OCH3 is 1. The molecular formula is C21H23F3N2O4S. The summed E-state index contributed by atoms with van der Waals surface area (Å²) in [4.78, 5) is 22.6. The van der Waals surface area contributed by atoms with Gasteiger partial charge in [-0.25, -0.2) is 4.79 Å². The minimum Gasteiger partial charge on any atom is -0.468 e. The summed E-state index contributed by atoms with van der Waals surface area (Å²) in [6.45, 7) is 3.40. The number of ether oxygens (including phenoxy) is 1. The number of oxime groups is 1. The highest BCUT2D eigenvalue weighted by Crippen LogP contribution is 2.38. The zero-order valence-corrected chi connectivity index (χ0v) is 18.3. The molecule has 31 heavy (non-hydrogen) atoms. The number of hydrogen-bond donors (Lipinski definition) is 1. The van der Waals surface area contributed by atoms with E-state index in [1.807, 2.05) is 13.0 Å². The van der Waals surface area contributed by atoms with Gasteiger partial charge in [-0.05, 0) is 42.8 Å². The highest BCUT2D eigenvalue weighted by Gasteiger charge is 2.30. The Morgan fingerprint density at radius 2 is 1.87 bits per heavy atom. The van der Waals surface area contributed by atoms with Crippen molar-refractivity contribution in [1.29, 1.82) is 0 Å². The Morgan fingerprint density at radius 1 is 1.16 bits per heavy atom. The lowest BCUT2D eigenvalue weighted by molar-refractivity contribution is -0.147. The van der Waals surface area contributed by atoms with Crippen molar-refractivity contribution in [3.8, 4) is 0 Å². The van der Waals surface area contributed by atoms with Gasteiger partial charge in [-0.15, -0.1) is 0 Å². The summed E-state index contributed by atoms with van der Waals surface area (Å²) in [5.41, 5.74) is 0.894. The number of carbonyl (C=O) groups is 1. The topological polar surface area (TPSA) is 69.2 Å². The van der Waals surface area contributed by atoms with Crippen LogP contribution < -0.4 is 5.48 Å². The van der Waals surface area contributed by atoms with Crippen LogP contribution in [-0.4, -0.2) is 31.4 Å². The Hall–Kier alpha value is -2.56. The third-order valence-corrected chi connectivity index (χ3v) is 5.15. The predicted octanol–water partition coefficient (Wildman–Crippen LogP) is 4.91. The lowest BCUT2D eigenvalue weighted by atomic mass is 9.97. The Labute approximate surface area is 182 Å². The molecule has 0 bridgehead atoms. The first kappa shape index (κ1) is 24.7. The first-order valence-electron chi connectivity index (χ1n) is 9.14. The number of carbonyl (C=O) groups excluding carboxylic acids is 1. The van der Waals surface area contributed by atoms with E-state index in [1.54, 1.807) is 31.2 Å². The van der Waals surface area contributed by atoms with Crippen molar-refractivity contribution in [3.05, 3.63) is 64.7 Å². The van der Waals surface area contributed by atoms with Crippen molar-refractivity contribution in [2.45, 2.75) is 36.9 Å². The van der Waals surface area contributed by atoms with E-state index in [1.165, 1.54) is 26.4 Å². The van der Waals surface area contributed by atoms with E-state index in [-0.39, 0.29) is 23.3 Å². The molecule has 1 atom stereocenters. The fourth-order valence-electron chi connectivity index (χ4n) is 2.89. The smallest absolute Gasteiger partial charge is 0.446 e. The van der Waals surface area contributed by atoms with Crippen LogP contribution in [0.2, 0.25) is 0 Å². The van der Waals surface area contributed by atoms with Gasteiger partial charge in [0, 0.05) is 16.0 Å². The van der Waals surface area contributed by atoms with Gasteiger partial charge >= 0.3 is 11.5 Å². The Balaban J connectivity index is 2.26. The first-order chi connectivity index (χ1) is 14.7. The van der Waals surface area contributed by atoms with Crippen molar-refractivity contribution in [2.24, 2.45) is 5.16 Å². The standard InChI is InChI=1S/C21H23F3N2O4S/c1-13-8-7-10-16(19(26-29-4)20(27)28-3)17(13)12-30-25-14(2)15-9-5-6-11-18(15)31-21(22,23)24/h5-11,19,26H,12H2,1-4H3/b25-14+. The van der Waals surface area contributed by atoms with Gasteiger partial charge in [-0.3, -0.25) is 0 Å². The summed E-state index contributed by atoms with van der Waals surface area (Å²) in [5.74, 6) is -0.550. The van der Waals surface area contributed by atoms with Crippen molar-refractivity contribution < 1.29 is 32.4 Å². The molecule has 0 spiro atoms. The number of alkyl halides is 3. The maximum atomic E-state index is 12.8. The Kier molecular flexibility index (Phi) is 8.90. The molecule has 0 heterocycles. The summed E-state index contributed by atoms with van der Waals surface area (Å²) < 4.78 is 43.3. The number of rotatable bonds is 9. The number of benzene rings is 2. The van der Waals surface area contributed by atoms with Crippen LogP contribution in [0.3, 0.4) is 0 Å². The van der Waals surface area contributed by atoms with E-state index in [4.69, 9.17) is 14.4 Å². The number of nitrogens with zero attached hydrogens (tertiary/aromatic N) is 1. The van der Waals surface area contributed by atoms with Gasteiger partial charge in [0.1, 0.15) is 6.61 Å². The molecule has 2 aromatic rings. The van der Waals surface area contributed by atoms with Crippen LogP contribution >= 0.6 is 11.8 Å². The van der Waals surface area contributed by atoms with Crippen molar-refractivity contribution in [2.75, 3.05) is 14.2 Å². The van der Waals surface area contributed by atoms with Crippen LogP contribution in [-0.2, 0) is 25.8 Å². The van der Waals surface area contributed by atoms with Gasteiger partial charge < -0.3 is 14.4 Å². The summed E-state index contributed by atoms with van der Waals surface area (Å²) in [6, 6.07) is 10.5. The molecule has 0 amide bonds. The third kappa shape index (κ3) is 6.98. The van der Waals surface area contributed by atoms with Crippen LogP contribution in [0.5, 0.6) is 0 Å². The summed E-state index contributed by atoms with van der Waals surface area (Å²) in [6.07, 6.45) is 0. The molecule has 10 heteroatoms. The Bertz CT molecular complexity index is 935. The molecule has 2 aromatic carbocycles. The van der Waals surface area contributed by atoms with Gasteiger partial charge in [-0.1, -0.05) is 41.6 Å². The van der Waals surface area contributed by atoms with E-state index in [0.717, 1.165) is 5.56 Å². The van der Waals surface area contributed by atoms with Gasteiger partial charge in [0.05, 0.1) is 19.9 Å². The maximum absolute atomic E-state index is 12.8. The normalized spacial score (nSPS) is 13.1. The van der Waals surface area contributed by atoms with Gasteiger partial charge in [0.2, 0.25) is 0 Å². The van der Waals surface area contributed by atoms with Gasteiger partial charge in [0.15, 0.2) is 6.04 Å². The second-order valence-electron chi connectivity index (χ2n) is 6.41. The largest absolute Gasteiger partial charge is 0.468 e. The molecule has 0 aliphatic carbocycles. The molecular weight excluding hydrogens is 433 g/mol. The average Bonchev–Trinajstić information content (AvgIpc) is 2.72. The second-order valence-corrected chi connectivity index (χ2v) is 7.52. The van der Waals surface area contributed by atoms with Crippen LogP contribution in [0.1, 0.15) is 35.2 Å². The summed E-state index contributed by atoms with van der Waals surface area (Å²) in [5, 5.41) is 4.00. The molecule has 2 rings (SSSR count). The molecule has 0 fully saturated rings. The van der Waals surface area contributed by atoms with Crippen LogP contribution in [0, 0.1) is 6.92 Å². The average molecular weight is 456 g/mol. The number of esters is 1. The number of thioether (sulfide) groups is 1. The van der Waals surface area contributed by atoms with Crippen LogP contribution in [0.15, 0.2) is 52.5 Å². The number of aryl methyl sites for hydroxylation is 1. The second kappa shape index (κ2) is 11.2. The molecule has 0 saturated carbocycles. The van der Waals surface area contributed by atoms with Crippen molar-refractivity contribution in [3.63, 3.8) is 0 Å². The van der Waals surface area contributed by atoms with Gasteiger partial charge in [0.25, 0.3) is 0 Å². The van der Waals surface area contributed by atoms with E-state index >= 15 is 0 Å². The minimum atomic E-state index is -4.41. The number of nitrogens with one attached hydrogen (secondary N) is 1. The van der Waals surface area contributed by atoms with E-state index in [0.29, 0.717) is 22.4 Å². The molecule has 0 radical (unpaired) electrons. The first-order valence-corrected chi connectivity index (χ1v) is 9.96. The zero-order chi connectivity index (χ0) is 23.0. The molecule has 1 N–H and O–H groups in total. The molecule has 0 aromatic heterocycles. The van der Waals surface area contributed by atoms with E-state index in [2.05, 4.69) is 10.6 Å². The fourth-order valence-corrected chi connectivity index (χ4v) is 3.61. The molecule has 168 valence electrons. The SMILES string of the molecule is CONC(C(=O)OC)c1cccc(C)c1CO/N=C(\C)c1ccccc1SC(F)(F)F. The van der Waals surface area contributed by atoms with Crippen molar-refractivity contribution >= 4 is 23.4 Å². The zero-order valence-electron chi connectivity index (χ0n) is 17.4. The minimum absolute atomic E-state index is 0.00713.